The smallest absolute Gasteiger partial charge is 0.0551 e. The molecule has 0 fully saturated rings. The average molecular weight is 170 g/mol. The number of benzene rings is 1. The Morgan fingerprint density at radius 2 is 2.30 bits per heavy atom. The van der Waals surface area contributed by atoms with Gasteiger partial charge in [-0.15, -0.1) is 0 Å². The second-order valence-corrected chi connectivity index (χ2v) is 3.28. The highest BCUT2D eigenvalue weighted by Crippen LogP contribution is 2.21. The van der Waals surface area contributed by atoms with E-state index >= 15 is 0 Å². The normalized spacial score (nSPS) is 10.5. The molecule has 3 heteroatoms. The van der Waals surface area contributed by atoms with Gasteiger partial charge in [0.15, 0.2) is 0 Å². The second kappa shape index (κ2) is 2.22. The largest absolute Gasteiger partial charge is 0.200 e. The van der Waals surface area contributed by atoms with Crippen LogP contribution in [0.3, 0.4) is 0 Å². The number of hydrogen-bond acceptors (Lipinski definition) is 2. The Morgan fingerprint density at radius 3 is 3.20 bits per heavy atom. The van der Waals surface area contributed by atoms with E-state index in [-0.39, 0.29) is 0 Å². The van der Waals surface area contributed by atoms with Gasteiger partial charge in [0.05, 0.1) is 4.70 Å². The summed E-state index contributed by atoms with van der Waals surface area (Å²) < 4.78 is 5.21. The summed E-state index contributed by atoms with van der Waals surface area (Å²) in [5.41, 5.74) is 0. The molecule has 0 aliphatic carbocycles. The molecule has 1 heterocycles. The summed E-state index contributed by atoms with van der Waals surface area (Å²) in [6, 6.07) is 5.78. The SMILES string of the molecule is Clc1ccc2sncc2c1. The molecule has 50 valence electrons. The number of fused-ring (bicyclic) bond motifs is 1. The fourth-order valence-corrected chi connectivity index (χ4v) is 1.65. The molecule has 0 atom stereocenters. The zero-order chi connectivity index (χ0) is 6.97. The van der Waals surface area contributed by atoms with Crippen LogP contribution in [0.4, 0.5) is 0 Å². The average Bonchev–Trinajstić information content (AvgIpc) is 2.33. The van der Waals surface area contributed by atoms with E-state index in [2.05, 4.69) is 4.37 Å². The van der Waals surface area contributed by atoms with Gasteiger partial charge in [0.2, 0.25) is 0 Å². The van der Waals surface area contributed by atoms with Gasteiger partial charge in [-0.1, -0.05) is 11.6 Å². The molecule has 1 aromatic carbocycles. The summed E-state index contributed by atoms with van der Waals surface area (Å²) in [5.74, 6) is 0. The van der Waals surface area contributed by atoms with Crippen molar-refractivity contribution in [3.63, 3.8) is 0 Å². The highest BCUT2D eigenvalue weighted by molar-refractivity contribution is 7.13. The van der Waals surface area contributed by atoms with Crippen molar-refractivity contribution in [2.45, 2.75) is 0 Å². The minimum atomic E-state index is 0.771. The second-order valence-electron chi connectivity index (χ2n) is 2.01. The maximum absolute atomic E-state index is 5.75. The lowest BCUT2D eigenvalue weighted by atomic mass is 10.3. The molecule has 0 saturated heterocycles. The maximum atomic E-state index is 5.75. The first kappa shape index (κ1) is 6.13. The van der Waals surface area contributed by atoms with Crippen LogP contribution < -0.4 is 0 Å². The number of nitrogens with zero attached hydrogens (tertiary/aromatic N) is 1. The number of hydrogen-bond donors (Lipinski definition) is 0. The summed E-state index contributed by atoms with van der Waals surface area (Å²) in [5, 5.41) is 1.89. The minimum Gasteiger partial charge on any atom is -0.200 e. The molecule has 0 amide bonds. The van der Waals surface area contributed by atoms with Crippen molar-refractivity contribution in [2.24, 2.45) is 0 Å². The molecule has 0 spiro atoms. The van der Waals surface area contributed by atoms with E-state index in [1.165, 1.54) is 16.2 Å². The van der Waals surface area contributed by atoms with E-state index in [9.17, 15) is 0 Å². The molecule has 0 aliphatic heterocycles. The van der Waals surface area contributed by atoms with Crippen LogP contribution in [0.5, 0.6) is 0 Å². The van der Waals surface area contributed by atoms with Crippen LogP contribution in [-0.4, -0.2) is 4.37 Å². The van der Waals surface area contributed by atoms with Crippen LogP contribution in [0, 0.1) is 0 Å². The van der Waals surface area contributed by atoms with Crippen LogP contribution in [0.25, 0.3) is 10.1 Å². The van der Waals surface area contributed by atoms with Gasteiger partial charge in [0.25, 0.3) is 0 Å². The Balaban J connectivity index is 2.86. The third-order valence-electron chi connectivity index (χ3n) is 1.31. The van der Waals surface area contributed by atoms with E-state index in [1.807, 2.05) is 24.4 Å². The number of rotatable bonds is 0. The first-order valence-corrected chi connectivity index (χ1v) is 4.01. The maximum Gasteiger partial charge on any atom is 0.0551 e. The summed E-state index contributed by atoms with van der Waals surface area (Å²) in [4.78, 5) is 0. The lowest BCUT2D eigenvalue weighted by Gasteiger charge is -1.86. The Hall–Kier alpha value is -0.600. The molecule has 0 unspecified atom stereocenters. The fourth-order valence-electron chi connectivity index (χ4n) is 0.843. The Morgan fingerprint density at radius 1 is 1.40 bits per heavy atom. The van der Waals surface area contributed by atoms with Crippen molar-refractivity contribution in [2.75, 3.05) is 0 Å². The molecule has 1 nitrogen and oxygen atoms in total. The zero-order valence-corrected chi connectivity index (χ0v) is 6.62. The van der Waals surface area contributed by atoms with Crippen molar-refractivity contribution in [1.29, 1.82) is 0 Å². The molecule has 0 radical (unpaired) electrons. The predicted molar refractivity (Wildman–Crippen MR) is 44.6 cm³/mol. The Bertz CT molecular complexity index is 355. The van der Waals surface area contributed by atoms with Gasteiger partial charge in [-0.3, -0.25) is 0 Å². The zero-order valence-electron chi connectivity index (χ0n) is 5.04. The van der Waals surface area contributed by atoms with E-state index in [0.717, 1.165) is 10.4 Å². The van der Waals surface area contributed by atoms with E-state index in [4.69, 9.17) is 11.6 Å². The third-order valence-corrected chi connectivity index (χ3v) is 2.33. The summed E-state index contributed by atoms with van der Waals surface area (Å²) >= 11 is 7.24. The van der Waals surface area contributed by atoms with Gasteiger partial charge in [0.1, 0.15) is 0 Å². The van der Waals surface area contributed by atoms with Gasteiger partial charge in [0, 0.05) is 16.6 Å². The molecule has 0 saturated carbocycles. The summed E-state index contributed by atoms with van der Waals surface area (Å²) in [6.07, 6.45) is 1.83. The lowest BCUT2D eigenvalue weighted by molar-refractivity contribution is 1.61. The van der Waals surface area contributed by atoms with Crippen molar-refractivity contribution in [1.82, 2.24) is 4.37 Å². The van der Waals surface area contributed by atoms with E-state index < -0.39 is 0 Å². The molecular formula is C7H4ClNS. The third kappa shape index (κ3) is 0.895. The summed E-state index contributed by atoms with van der Waals surface area (Å²) in [6.45, 7) is 0. The van der Waals surface area contributed by atoms with Gasteiger partial charge >= 0.3 is 0 Å². The molecule has 0 bridgehead atoms. The molecule has 2 rings (SSSR count). The Labute approximate surface area is 67.4 Å². The predicted octanol–water partition coefficient (Wildman–Crippen LogP) is 2.95. The van der Waals surface area contributed by atoms with Crippen LogP contribution in [-0.2, 0) is 0 Å². The molecule has 0 N–H and O–H groups in total. The summed E-state index contributed by atoms with van der Waals surface area (Å²) in [7, 11) is 0. The van der Waals surface area contributed by atoms with Crippen molar-refractivity contribution in [3.8, 4) is 0 Å². The monoisotopic (exact) mass is 169 g/mol. The first-order chi connectivity index (χ1) is 4.86. The lowest BCUT2D eigenvalue weighted by Crippen LogP contribution is -1.61. The first-order valence-electron chi connectivity index (χ1n) is 2.86. The molecular weight excluding hydrogens is 166 g/mol. The standard InChI is InChI=1S/C7H4ClNS/c8-6-1-2-7-5(3-6)4-9-10-7/h1-4H. The molecule has 0 aliphatic rings. The van der Waals surface area contributed by atoms with E-state index in [1.54, 1.807) is 0 Å². The minimum absolute atomic E-state index is 0.771. The number of halogens is 1. The van der Waals surface area contributed by atoms with Crippen LogP contribution >= 0.6 is 23.1 Å². The van der Waals surface area contributed by atoms with Gasteiger partial charge < -0.3 is 0 Å². The van der Waals surface area contributed by atoms with Crippen molar-refractivity contribution < 1.29 is 0 Å². The fraction of sp³-hybridized carbons (Fsp3) is 0. The highest BCUT2D eigenvalue weighted by Gasteiger charge is 1.94. The van der Waals surface area contributed by atoms with Gasteiger partial charge in [-0.05, 0) is 29.7 Å². The van der Waals surface area contributed by atoms with Crippen LogP contribution in [0.1, 0.15) is 0 Å². The van der Waals surface area contributed by atoms with E-state index in [0.29, 0.717) is 0 Å². The van der Waals surface area contributed by atoms with Crippen molar-refractivity contribution in [3.05, 3.63) is 29.4 Å². The molecule has 10 heavy (non-hydrogen) atoms. The van der Waals surface area contributed by atoms with Gasteiger partial charge in [-0.25, -0.2) is 0 Å². The molecule has 2 aromatic rings. The Kier molecular flexibility index (Phi) is 1.36. The molecule has 1 aromatic heterocycles. The van der Waals surface area contributed by atoms with Crippen LogP contribution in [0.15, 0.2) is 24.4 Å². The van der Waals surface area contributed by atoms with Crippen molar-refractivity contribution >= 4 is 33.2 Å². The highest BCUT2D eigenvalue weighted by atomic mass is 35.5. The van der Waals surface area contributed by atoms with Gasteiger partial charge in [-0.2, -0.15) is 4.37 Å². The van der Waals surface area contributed by atoms with Crippen LogP contribution in [0.2, 0.25) is 5.02 Å². The quantitative estimate of drug-likeness (QED) is 0.591. The topological polar surface area (TPSA) is 12.9 Å². The number of aromatic nitrogens is 1.